The van der Waals surface area contributed by atoms with Crippen LogP contribution >= 0.6 is 0 Å². The van der Waals surface area contributed by atoms with E-state index >= 15 is 0 Å². The van der Waals surface area contributed by atoms with Crippen LogP contribution in [0.15, 0.2) is 18.2 Å². The first-order valence-electron chi connectivity index (χ1n) is 4.81. The van der Waals surface area contributed by atoms with Crippen molar-refractivity contribution < 1.29 is 4.74 Å². The van der Waals surface area contributed by atoms with Gasteiger partial charge in [0.2, 0.25) is 0 Å². The lowest BCUT2D eigenvalue weighted by molar-refractivity contribution is 0.407. The molecule has 0 unspecified atom stereocenters. The van der Waals surface area contributed by atoms with E-state index in [1.54, 1.807) is 7.11 Å². The largest absolute Gasteiger partial charge is 0.496 e. The van der Waals surface area contributed by atoms with E-state index in [1.807, 2.05) is 12.1 Å². The molecule has 0 aliphatic carbocycles. The molecule has 0 amide bonds. The van der Waals surface area contributed by atoms with E-state index in [9.17, 15) is 0 Å². The summed E-state index contributed by atoms with van der Waals surface area (Å²) in [5.41, 5.74) is 7.65. The van der Waals surface area contributed by atoms with Crippen molar-refractivity contribution in [2.45, 2.75) is 19.8 Å². The minimum absolute atomic E-state index is 0.448. The number of methoxy groups -OCH3 is 1. The monoisotopic (exact) mass is 194 g/mol. The lowest BCUT2D eigenvalue weighted by Gasteiger charge is -2.13. The first kappa shape index (κ1) is 10.9. The van der Waals surface area contributed by atoms with Crippen molar-refractivity contribution in [3.63, 3.8) is 0 Å². The summed E-state index contributed by atoms with van der Waals surface area (Å²) in [6, 6.07) is 6.02. The quantitative estimate of drug-likeness (QED) is 0.722. The summed E-state index contributed by atoms with van der Waals surface area (Å²) in [4.78, 5) is 0. The van der Waals surface area contributed by atoms with Crippen LogP contribution in [0.25, 0.3) is 0 Å². The maximum absolute atomic E-state index is 5.41. The van der Waals surface area contributed by atoms with E-state index in [2.05, 4.69) is 25.2 Å². The Kier molecular flexibility index (Phi) is 3.77. The number of anilines is 1. The molecule has 0 saturated carbocycles. The highest BCUT2D eigenvalue weighted by Gasteiger charge is 2.07. The summed E-state index contributed by atoms with van der Waals surface area (Å²) >= 11 is 0. The van der Waals surface area contributed by atoms with Crippen LogP contribution in [0.1, 0.15) is 25.3 Å². The SMILES string of the molecule is COc1ccc(NCN)cc1C(C)C. The van der Waals surface area contributed by atoms with Gasteiger partial charge in [0, 0.05) is 5.69 Å². The summed E-state index contributed by atoms with van der Waals surface area (Å²) in [6.07, 6.45) is 0. The first-order valence-corrected chi connectivity index (χ1v) is 4.81. The number of hydrogen-bond acceptors (Lipinski definition) is 3. The summed E-state index contributed by atoms with van der Waals surface area (Å²) < 4.78 is 5.28. The number of ether oxygens (including phenoxy) is 1. The Hall–Kier alpha value is -1.22. The van der Waals surface area contributed by atoms with Gasteiger partial charge >= 0.3 is 0 Å². The Bertz CT molecular complexity index is 297. The molecule has 0 aliphatic heterocycles. The average molecular weight is 194 g/mol. The number of rotatable bonds is 4. The second-order valence-electron chi connectivity index (χ2n) is 3.49. The molecule has 0 radical (unpaired) electrons. The van der Waals surface area contributed by atoms with Crippen molar-refractivity contribution in [2.24, 2.45) is 5.73 Å². The Morgan fingerprint density at radius 2 is 2.14 bits per heavy atom. The fourth-order valence-corrected chi connectivity index (χ4v) is 1.41. The highest BCUT2D eigenvalue weighted by atomic mass is 16.5. The molecule has 0 aliphatic rings. The molecule has 0 aromatic heterocycles. The van der Waals surface area contributed by atoms with Gasteiger partial charge in [-0.2, -0.15) is 0 Å². The maximum atomic E-state index is 5.41. The fourth-order valence-electron chi connectivity index (χ4n) is 1.41. The molecule has 0 fully saturated rings. The maximum Gasteiger partial charge on any atom is 0.122 e. The Balaban J connectivity index is 3.01. The van der Waals surface area contributed by atoms with Gasteiger partial charge in [-0.25, -0.2) is 0 Å². The smallest absolute Gasteiger partial charge is 0.122 e. The average Bonchev–Trinajstić information content (AvgIpc) is 2.18. The molecular weight excluding hydrogens is 176 g/mol. The molecule has 3 heteroatoms. The number of nitrogens with one attached hydrogen (secondary N) is 1. The minimum Gasteiger partial charge on any atom is -0.496 e. The summed E-state index contributed by atoms with van der Waals surface area (Å²) in [5, 5.41) is 3.08. The standard InChI is InChI=1S/C11H18N2O/c1-8(2)10-6-9(13-7-12)4-5-11(10)14-3/h4-6,8,13H,7,12H2,1-3H3. The second-order valence-corrected chi connectivity index (χ2v) is 3.49. The second kappa shape index (κ2) is 4.86. The first-order chi connectivity index (χ1) is 6.69. The van der Waals surface area contributed by atoms with Crippen molar-refractivity contribution in [2.75, 3.05) is 19.1 Å². The van der Waals surface area contributed by atoms with Crippen molar-refractivity contribution in [3.05, 3.63) is 23.8 Å². The molecule has 78 valence electrons. The van der Waals surface area contributed by atoms with E-state index in [4.69, 9.17) is 10.5 Å². The van der Waals surface area contributed by atoms with Gasteiger partial charge in [0.1, 0.15) is 5.75 Å². The Morgan fingerprint density at radius 3 is 2.64 bits per heavy atom. The lowest BCUT2D eigenvalue weighted by atomic mass is 10.0. The van der Waals surface area contributed by atoms with Crippen LogP contribution in [0.3, 0.4) is 0 Å². The van der Waals surface area contributed by atoms with Crippen molar-refractivity contribution in [1.29, 1.82) is 0 Å². The molecule has 0 spiro atoms. The van der Waals surface area contributed by atoms with Crippen LogP contribution < -0.4 is 15.8 Å². The zero-order valence-corrected chi connectivity index (χ0v) is 9.00. The zero-order valence-electron chi connectivity index (χ0n) is 9.00. The number of benzene rings is 1. The molecule has 0 atom stereocenters. The van der Waals surface area contributed by atoms with E-state index in [0.717, 1.165) is 11.4 Å². The van der Waals surface area contributed by atoms with Crippen LogP contribution in [0.5, 0.6) is 5.75 Å². The van der Waals surface area contributed by atoms with Gasteiger partial charge in [0.05, 0.1) is 13.8 Å². The van der Waals surface area contributed by atoms with Crippen LogP contribution in [-0.4, -0.2) is 13.8 Å². The van der Waals surface area contributed by atoms with Crippen LogP contribution in [0.4, 0.5) is 5.69 Å². The van der Waals surface area contributed by atoms with Gasteiger partial charge in [-0.3, -0.25) is 0 Å². The molecule has 0 bridgehead atoms. The van der Waals surface area contributed by atoms with E-state index in [-0.39, 0.29) is 0 Å². The van der Waals surface area contributed by atoms with Crippen LogP contribution in [0.2, 0.25) is 0 Å². The van der Waals surface area contributed by atoms with Gasteiger partial charge in [0.15, 0.2) is 0 Å². The predicted molar refractivity (Wildman–Crippen MR) is 59.8 cm³/mol. The third kappa shape index (κ3) is 2.39. The molecule has 1 aromatic rings. The van der Waals surface area contributed by atoms with Gasteiger partial charge in [-0.05, 0) is 29.7 Å². The zero-order chi connectivity index (χ0) is 10.6. The van der Waals surface area contributed by atoms with Gasteiger partial charge in [-0.1, -0.05) is 13.8 Å². The molecule has 3 N–H and O–H groups in total. The van der Waals surface area contributed by atoms with E-state index in [1.165, 1.54) is 5.56 Å². The Labute approximate surface area is 85.3 Å². The van der Waals surface area contributed by atoms with E-state index < -0.39 is 0 Å². The molecule has 1 aromatic carbocycles. The van der Waals surface area contributed by atoms with Crippen molar-refractivity contribution >= 4 is 5.69 Å². The summed E-state index contributed by atoms with van der Waals surface area (Å²) in [5.74, 6) is 1.38. The number of nitrogens with two attached hydrogens (primary N) is 1. The van der Waals surface area contributed by atoms with Crippen molar-refractivity contribution in [1.82, 2.24) is 0 Å². The molecular formula is C11H18N2O. The molecule has 14 heavy (non-hydrogen) atoms. The van der Waals surface area contributed by atoms with Crippen LogP contribution in [0, 0.1) is 0 Å². The van der Waals surface area contributed by atoms with Gasteiger partial charge in [-0.15, -0.1) is 0 Å². The molecule has 1 rings (SSSR count). The fraction of sp³-hybridized carbons (Fsp3) is 0.455. The third-order valence-corrected chi connectivity index (χ3v) is 2.16. The lowest BCUT2D eigenvalue weighted by Crippen LogP contribution is -2.11. The number of hydrogen-bond donors (Lipinski definition) is 2. The normalized spacial score (nSPS) is 10.4. The van der Waals surface area contributed by atoms with Crippen molar-refractivity contribution in [3.8, 4) is 5.75 Å². The topological polar surface area (TPSA) is 47.3 Å². The molecule has 0 heterocycles. The van der Waals surface area contributed by atoms with Gasteiger partial charge < -0.3 is 15.8 Å². The highest BCUT2D eigenvalue weighted by Crippen LogP contribution is 2.28. The summed E-state index contributed by atoms with van der Waals surface area (Å²) in [7, 11) is 1.69. The minimum atomic E-state index is 0.448. The summed E-state index contributed by atoms with van der Waals surface area (Å²) in [6.45, 7) is 4.73. The van der Waals surface area contributed by atoms with Gasteiger partial charge in [0.25, 0.3) is 0 Å². The Morgan fingerprint density at radius 1 is 1.43 bits per heavy atom. The predicted octanol–water partition coefficient (Wildman–Crippen LogP) is 2.15. The molecule has 3 nitrogen and oxygen atoms in total. The van der Waals surface area contributed by atoms with Crippen LogP contribution in [-0.2, 0) is 0 Å². The third-order valence-electron chi connectivity index (χ3n) is 2.16. The molecule has 0 saturated heterocycles. The highest BCUT2D eigenvalue weighted by molar-refractivity contribution is 5.52. The van der Waals surface area contributed by atoms with E-state index in [0.29, 0.717) is 12.6 Å².